The van der Waals surface area contributed by atoms with Crippen LogP contribution < -0.4 is 21.1 Å². The smallest absolute Gasteiger partial charge is 0.268 e. The first-order chi connectivity index (χ1) is 10.5. The lowest BCUT2D eigenvalue weighted by Gasteiger charge is -2.41. The third-order valence-corrected chi connectivity index (χ3v) is 4.50. The monoisotopic (exact) mass is 303 g/mol. The average molecular weight is 303 g/mol. The van der Waals surface area contributed by atoms with Gasteiger partial charge in [0.1, 0.15) is 5.75 Å². The lowest BCUT2D eigenvalue weighted by molar-refractivity contribution is -0.126. The lowest BCUT2D eigenvalue weighted by Crippen LogP contribution is -2.51. The van der Waals surface area contributed by atoms with E-state index in [-0.39, 0.29) is 18.0 Å². The van der Waals surface area contributed by atoms with Crippen LogP contribution in [0.15, 0.2) is 18.2 Å². The Morgan fingerprint density at radius 3 is 2.59 bits per heavy atom. The van der Waals surface area contributed by atoms with E-state index in [1.807, 2.05) is 0 Å². The van der Waals surface area contributed by atoms with Gasteiger partial charge in [-0.25, -0.2) is 0 Å². The van der Waals surface area contributed by atoms with Crippen molar-refractivity contribution in [3.63, 3.8) is 0 Å². The molecule has 22 heavy (non-hydrogen) atoms. The van der Waals surface area contributed by atoms with Gasteiger partial charge in [-0.2, -0.15) is 0 Å². The maximum absolute atomic E-state index is 12.6. The summed E-state index contributed by atoms with van der Waals surface area (Å²) in [6, 6.07) is 5.29. The molecule has 6 nitrogen and oxygen atoms in total. The topological polar surface area (TPSA) is 98.7 Å². The largest absolute Gasteiger partial charge is 0.479 e. The number of rotatable bonds is 2. The third kappa shape index (κ3) is 2.54. The summed E-state index contributed by atoms with van der Waals surface area (Å²) in [6.45, 7) is 1.74. The zero-order valence-corrected chi connectivity index (χ0v) is 12.6. The van der Waals surface area contributed by atoms with Gasteiger partial charge in [0, 0.05) is 17.6 Å². The van der Waals surface area contributed by atoms with Crippen molar-refractivity contribution in [1.82, 2.24) is 0 Å². The number of anilines is 1. The Morgan fingerprint density at radius 1 is 1.27 bits per heavy atom. The van der Waals surface area contributed by atoms with E-state index in [0.29, 0.717) is 17.0 Å². The first-order valence-electron chi connectivity index (χ1n) is 7.66. The summed E-state index contributed by atoms with van der Waals surface area (Å²) in [5.74, 6) is 0.0288. The van der Waals surface area contributed by atoms with Gasteiger partial charge in [0.05, 0.1) is 5.69 Å². The first kappa shape index (κ1) is 14.8. The fourth-order valence-corrected chi connectivity index (χ4v) is 3.25. The van der Waals surface area contributed by atoms with Gasteiger partial charge in [-0.05, 0) is 50.8 Å². The quantitative estimate of drug-likeness (QED) is 0.856. The highest BCUT2D eigenvalue weighted by molar-refractivity contribution is 6.02. The van der Waals surface area contributed by atoms with Crippen LogP contribution in [0.1, 0.15) is 43.0 Å². The van der Waals surface area contributed by atoms with Gasteiger partial charge in [0.25, 0.3) is 5.91 Å². The number of amides is 2. The van der Waals surface area contributed by atoms with Crippen molar-refractivity contribution in [1.29, 1.82) is 0 Å². The van der Waals surface area contributed by atoms with Crippen LogP contribution in [-0.4, -0.2) is 30.0 Å². The summed E-state index contributed by atoms with van der Waals surface area (Å²) in [5, 5.41) is 0. The molecule has 1 aliphatic heterocycles. The van der Waals surface area contributed by atoms with Gasteiger partial charge in [0.2, 0.25) is 5.91 Å². The molecule has 2 aliphatic rings. The minimum Gasteiger partial charge on any atom is -0.479 e. The first-order valence-corrected chi connectivity index (χ1v) is 7.66. The van der Waals surface area contributed by atoms with Gasteiger partial charge in [-0.3, -0.25) is 9.59 Å². The predicted octanol–water partition coefficient (Wildman–Crippen LogP) is 1.17. The number of nitrogens with two attached hydrogens (primary N) is 2. The van der Waals surface area contributed by atoms with Crippen molar-refractivity contribution in [2.45, 2.75) is 50.8 Å². The van der Waals surface area contributed by atoms with Crippen LogP contribution in [0, 0.1) is 0 Å². The fraction of sp³-hybridized carbons (Fsp3) is 0.500. The molecule has 1 aliphatic carbocycles. The van der Waals surface area contributed by atoms with E-state index in [2.05, 4.69) is 0 Å². The number of hydrogen-bond acceptors (Lipinski definition) is 4. The van der Waals surface area contributed by atoms with Crippen LogP contribution in [-0.2, 0) is 4.79 Å². The van der Waals surface area contributed by atoms with Crippen molar-refractivity contribution >= 4 is 17.5 Å². The fourth-order valence-electron chi connectivity index (χ4n) is 3.25. The Morgan fingerprint density at radius 2 is 1.95 bits per heavy atom. The molecule has 4 N–H and O–H groups in total. The van der Waals surface area contributed by atoms with Crippen molar-refractivity contribution < 1.29 is 14.3 Å². The summed E-state index contributed by atoms with van der Waals surface area (Å²) >= 11 is 0. The van der Waals surface area contributed by atoms with Crippen LogP contribution in [0.3, 0.4) is 0 Å². The predicted molar refractivity (Wildman–Crippen MR) is 82.8 cm³/mol. The van der Waals surface area contributed by atoms with Gasteiger partial charge in [0.15, 0.2) is 6.10 Å². The highest BCUT2D eigenvalue weighted by Gasteiger charge is 2.37. The summed E-state index contributed by atoms with van der Waals surface area (Å²) in [5.41, 5.74) is 12.3. The number of primary amides is 1. The molecule has 2 amide bonds. The van der Waals surface area contributed by atoms with E-state index >= 15 is 0 Å². The molecule has 0 radical (unpaired) electrons. The van der Waals surface area contributed by atoms with Gasteiger partial charge >= 0.3 is 0 Å². The summed E-state index contributed by atoms with van der Waals surface area (Å²) in [7, 11) is 0. The highest BCUT2D eigenvalue weighted by Crippen LogP contribution is 2.38. The van der Waals surface area contributed by atoms with Crippen molar-refractivity contribution in [3.05, 3.63) is 23.8 Å². The van der Waals surface area contributed by atoms with Gasteiger partial charge in [-0.15, -0.1) is 0 Å². The molecule has 0 aromatic heterocycles. The zero-order valence-electron chi connectivity index (χ0n) is 12.6. The number of hydrogen-bond donors (Lipinski definition) is 2. The van der Waals surface area contributed by atoms with Crippen LogP contribution in [0.4, 0.5) is 5.69 Å². The molecule has 1 atom stereocenters. The Kier molecular flexibility index (Phi) is 3.78. The zero-order chi connectivity index (χ0) is 15.9. The summed E-state index contributed by atoms with van der Waals surface area (Å²) in [6.07, 6.45) is 2.99. The van der Waals surface area contributed by atoms with Crippen LogP contribution >= 0.6 is 0 Å². The molecule has 1 saturated carbocycles. The van der Waals surface area contributed by atoms with E-state index < -0.39 is 12.0 Å². The molecule has 1 aromatic rings. The van der Waals surface area contributed by atoms with E-state index in [1.54, 1.807) is 30.0 Å². The highest BCUT2D eigenvalue weighted by atomic mass is 16.5. The van der Waals surface area contributed by atoms with Crippen LogP contribution in [0.25, 0.3) is 0 Å². The number of carbonyl (C=O) groups is 2. The lowest BCUT2D eigenvalue weighted by atomic mass is 9.89. The minimum atomic E-state index is -0.525. The molecule has 1 aromatic carbocycles. The molecular weight excluding hydrogens is 282 g/mol. The minimum absolute atomic E-state index is 0.0745. The molecule has 0 spiro atoms. The second-order valence-electron chi connectivity index (χ2n) is 6.08. The van der Waals surface area contributed by atoms with Crippen molar-refractivity contribution in [2.75, 3.05) is 4.90 Å². The number of benzene rings is 1. The van der Waals surface area contributed by atoms with E-state index in [1.165, 1.54) is 0 Å². The normalized spacial score (nSPS) is 28.0. The molecule has 118 valence electrons. The maximum Gasteiger partial charge on any atom is 0.268 e. The third-order valence-electron chi connectivity index (χ3n) is 4.50. The van der Waals surface area contributed by atoms with E-state index in [9.17, 15) is 9.59 Å². The molecule has 1 unspecified atom stereocenters. The second-order valence-corrected chi connectivity index (χ2v) is 6.08. The van der Waals surface area contributed by atoms with Crippen molar-refractivity contribution in [2.24, 2.45) is 11.5 Å². The Balaban J connectivity index is 1.99. The number of nitrogens with zero attached hydrogens (tertiary/aromatic N) is 1. The Labute approximate surface area is 129 Å². The number of carbonyl (C=O) groups excluding carboxylic acids is 2. The maximum atomic E-state index is 12.6. The Hall–Kier alpha value is -2.08. The molecule has 0 saturated heterocycles. The van der Waals surface area contributed by atoms with E-state index in [0.717, 1.165) is 25.7 Å². The van der Waals surface area contributed by atoms with E-state index in [4.69, 9.17) is 16.2 Å². The molecule has 1 fully saturated rings. The van der Waals surface area contributed by atoms with Gasteiger partial charge in [-0.1, -0.05) is 0 Å². The molecule has 0 bridgehead atoms. The standard InChI is InChI=1S/C16H21N3O3/c1-9-16(21)19(12-5-3-11(17)4-6-12)13-8-10(15(18)20)2-7-14(13)22-9/h2,7-9,11-12H,3-6,17H2,1H3,(H2,18,20). The van der Waals surface area contributed by atoms with Gasteiger partial charge < -0.3 is 21.1 Å². The second kappa shape index (κ2) is 5.61. The number of ether oxygens (including phenoxy) is 1. The molecule has 6 heteroatoms. The molecule has 3 rings (SSSR count). The number of fused-ring (bicyclic) bond motifs is 1. The molecular formula is C16H21N3O3. The van der Waals surface area contributed by atoms with Crippen LogP contribution in [0.5, 0.6) is 5.75 Å². The average Bonchev–Trinajstić information content (AvgIpc) is 2.49. The summed E-state index contributed by atoms with van der Waals surface area (Å²) in [4.78, 5) is 25.8. The molecule has 1 heterocycles. The summed E-state index contributed by atoms with van der Waals surface area (Å²) < 4.78 is 5.65. The van der Waals surface area contributed by atoms with Crippen LogP contribution in [0.2, 0.25) is 0 Å². The van der Waals surface area contributed by atoms with Crippen molar-refractivity contribution in [3.8, 4) is 5.75 Å². The SMILES string of the molecule is CC1Oc2ccc(C(N)=O)cc2N(C2CCC(N)CC2)C1=O. The Bertz CT molecular complexity index is 609.